The van der Waals surface area contributed by atoms with Crippen LogP contribution < -0.4 is 0 Å². The Hall–Kier alpha value is -1.03. The van der Waals surface area contributed by atoms with Crippen LogP contribution in [0.2, 0.25) is 0 Å². The van der Waals surface area contributed by atoms with Gasteiger partial charge in [-0.25, -0.2) is 4.39 Å². The highest BCUT2D eigenvalue weighted by molar-refractivity contribution is 7.80. The van der Waals surface area contributed by atoms with Crippen molar-refractivity contribution in [2.75, 3.05) is 7.05 Å². The Kier molecular flexibility index (Phi) is 4.43. The molecule has 0 aliphatic heterocycles. The Morgan fingerprint density at radius 2 is 1.95 bits per heavy atom. The lowest BCUT2D eigenvalue weighted by molar-refractivity contribution is 0.0630. The summed E-state index contributed by atoms with van der Waals surface area (Å²) in [6, 6.07) is 4.56. The number of nitrogens with zero attached hydrogens (tertiary/aromatic N) is 1. The van der Waals surface area contributed by atoms with Crippen LogP contribution in [0.15, 0.2) is 23.1 Å². The van der Waals surface area contributed by atoms with E-state index in [4.69, 9.17) is 0 Å². The summed E-state index contributed by atoms with van der Waals surface area (Å²) in [5, 5.41) is 0. The fourth-order valence-electron chi connectivity index (χ4n) is 2.80. The van der Waals surface area contributed by atoms with Crippen molar-refractivity contribution in [3.8, 4) is 0 Å². The summed E-state index contributed by atoms with van der Waals surface area (Å²) >= 11 is 4.18. The van der Waals surface area contributed by atoms with Gasteiger partial charge in [0, 0.05) is 18.0 Å². The van der Waals surface area contributed by atoms with Gasteiger partial charge in [0.15, 0.2) is 0 Å². The third kappa shape index (κ3) is 3.35. The molecule has 1 aliphatic rings. The third-order valence-corrected chi connectivity index (χ3v) is 4.64. The van der Waals surface area contributed by atoms with Gasteiger partial charge in [-0.15, -0.1) is 12.6 Å². The normalized spacial score (nSPS) is 18.9. The fourth-order valence-corrected chi connectivity index (χ4v) is 3.01. The zero-order valence-electron chi connectivity index (χ0n) is 12.3. The zero-order valence-corrected chi connectivity index (χ0v) is 13.2. The van der Waals surface area contributed by atoms with Crippen LogP contribution in [-0.4, -0.2) is 23.9 Å². The van der Waals surface area contributed by atoms with E-state index < -0.39 is 5.82 Å². The quantitative estimate of drug-likeness (QED) is 0.813. The second-order valence-electron chi connectivity index (χ2n) is 6.48. The van der Waals surface area contributed by atoms with E-state index in [1.54, 1.807) is 18.0 Å². The van der Waals surface area contributed by atoms with Crippen molar-refractivity contribution in [1.29, 1.82) is 0 Å². The number of carbonyl (C=O) groups is 1. The number of thiol groups is 1. The summed E-state index contributed by atoms with van der Waals surface area (Å²) in [5.41, 5.74) is 0.473. The predicted molar refractivity (Wildman–Crippen MR) is 81.8 cm³/mol. The maximum Gasteiger partial charge on any atom is 0.256 e. The minimum absolute atomic E-state index is 0.116. The van der Waals surface area contributed by atoms with Crippen molar-refractivity contribution < 1.29 is 9.18 Å². The molecular formula is C16H22FNOS. The van der Waals surface area contributed by atoms with Crippen molar-refractivity contribution in [2.45, 2.75) is 50.5 Å². The first kappa shape index (κ1) is 15.4. The SMILES string of the molecule is CN(C(=O)c1cc(S)ccc1F)C1CCC(C)(C)CC1. The van der Waals surface area contributed by atoms with Crippen molar-refractivity contribution in [3.63, 3.8) is 0 Å². The fraction of sp³-hybridized carbons (Fsp3) is 0.562. The molecule has 0 bridgehead atoms. The highest BCUT2D eigenvalue weighted by Gasteiger charge is 2.31. The Morgan fingerprint density at radius 1 is 1.35 bits per heavy atom. The molecule has 110 valence electrons. The molecule has 20 heavy (non-hydrogen) atoms. The van der Waals surface area contributed by atoms with Crippen molar-refractivity contribution in [1.82, 2.24) is 4.90 Å². The van der Waals surface area contributed by atoms with Crippen molar-refractivity contribution in [3.05, 3.63) is 29.6 Å². The summed E-state index contributed by atoms with van der Waals surface area (Å²) < 4.78 is 13.8. The molecule has 0 atom stereocenters. The molecule has 1 amide bonds. The van der Waals surface area contributed by atoms with Crippen LogP contribution in [0.5, 0.6) is 0 Å². The molecule has 4 heteroatoms. The second kappa shape index (κ2) is 5.76. The van der Waals surface area contributed by atoms with Gasteiger partial charge in [-0.05, 0) is 49.3 Å². The lowest BCUT2D eigenvalue weighted by atomic mass is 9.75. The molecular weight excluding hydrogens is 273 g/mol. The van der Waals surface area contributed by atoms with E-state index >= 15 is 0 Å². The van der Waals surface area contributed by atoms with Crippen LogP contribution in [0, 0.1) is 11.2 Å². The van der Waals surface area contributed by atoms with Crippen LogP contribution >= 0.6 is 12.6 Å². The molecule has 1 aromatic carbocycles. The standard InChI is InChI=1S/C16H22FNOS/c1-16(2)8-6-11(7-9-16)18(3)15(19)13-10-12(20)4-5-14(13)17/h4-5,10-11,20H,6-9H2,1-3H3. The van der Waals surface area contributed by atoms with Gasteiger partial charge in [-0.2, -0.15) is 0 Å². The van der Waals surface area contributed by atoms with Crippen LogP contribution in [0.3, 0.4) is 0 Å². The van der Waals surface area contributed by atoms with Crippen LogP contribution in [0.4, 0.5) is 4.39 Å². The average molecular weight is 295 g/mol. The van der Waals surface area contributed by atoms with Crippen LogP contribution in [-0.2, 0) is 0 Å². The molecule has 1 saturated carbocycles. The average Bonchev–Trinajstić information content (AvgIpc) is 2.40. The zero-order chi connectivity index (χ0) is 14.9. The largest absolute Gasteiger partial charge is 0.339 e. The van der Waals surface area contributed by atoms with E-state index in [-0.39, 0.29) is 17.5 Å². The first-order valence-corrected chi connectivity index (χ1v) is 7.50. The molecule has 0 unspecified atom stereocenters. The highest BCUT2D eigenvalue weighted by atomic mass is 32.1. The van der Waals surface area contributed by atoms with Gasteiger partial charge in [-0.1, -0.05) is 13.8 Å². The van der Waals surface area contributed by atoms with Gasteiger partial charge in [0.2, 0.25) is 0 Å². The van der Waals surface area contributed by atoms with Crippen molar-refractivity contribution in [2.24, 2.45) is 5.41 Å². The predicted octanol–water partition coefficient (Wildman–Crippen LogP) is 4.16. The van der Waals surface area contributed by atoms with E-state index in [9.17, 15) is 9.18 Å². The minimum Gasteiger partial charge on any atom is -0.339 e. The number of benzene rings is 1. The van der Waals surface area contributed by atoms with E-state index in [1.807, 2.05) is 0 Å². The summed E-state index contributed by atoms with van der Waals surface area (Å²) in [6.07, 6.45) is 4.17. The van der Waals surface area contributed by atoms with E-state index in [0.717, 1.165) is 25.7 Å². The molecule has 0 radical (unpaired) electrons. The molecule has 2 rings (SSSR count). The number of halogens is 1. The molecule has 0 saturated heterocycles. The molecule has 1 fully saturated rings. The monoisotopic (exact) mass is 295 g/mol. The summed E-state index contributed by atoms with van der Waals surface area (Å²) in [6.45, 7) is 4.52. The molecule has 0 N–H and O–H groups in total. The first-order chi connectivity index (χ1) is 9.30. The summed E-state index contributed by atoms with van der Waals surface area (Å²) in [7, 11) is 1.77. The summed E-state index contributed by atoms with van der Waals surface area (Å²) in [4.78, 5) is 14.7. The maximum atomic E-state index is 13.8. The topological polar surface area (TPSA) is 20.3 Å². The first-order valence-electron chi connectivity index (χ1n) is 7.06. The van der Waals surface area contributed by atoms with Crippen LogP contribution in [0.25, 0.3) is 0 Å². The maximum absolute atomic E-state index is 13.8. The highest BCUT2D eigenvalue weighted by Crippen LogP contribution is 2.37. The van der Waals surface area contributed by atoms with Gasteiger partial charge in [0.25, 0.3) is 5.91 Å². The number of hydrogen-bond acceptors (Lipinski definition) is 2. The Morgan fingerprint density at radius 3 is 2.55 bits per heavy atom. The van der Waals surface area contributed by atoms with Gasteiger partial charge in [-0.3, -0.25) is 4.79 Å². The third-order valence-electron chi connectivity index (χ3n) is 4.36. The molecule has 0 spiro atoms. The number of amides is 1. The Labute approximate surface area is 125 Å². The van der Waals surface area contributed by atoms with E-state index in [0.29, 0.717) is 10.3 Å². The molecule has 0 aromatic heterocycles. The Balaban J connectivity index is 2.11. The molecule has 0 heterocycles. The molecule has 1 aromatic rings. The molecule has 1 aliphatic carbocycles. The van der Waals surface area contributed by atoms with Gasteiger partial charge < -0.3 is 4.90 Å². The second-order valence-corrected chi connectivity index (χ2v) is 6.99. The van der Waals surface area contributed by atoms with Crippen LogP contribution in [0.1, 0.15) is 49.9 Å². The van der Waals surface area contributed by atoms with E-state index in [2.05, 4.69) is 26.5 Å². The van der Waals surface area contributed by atoms with Crippen molar-refractivity contribution >= 4 is 18.5 Å². The Bertz CT molecular complexity index is 505. The number of carbonyl (C=O) groups excluding carboxylic acids is 1. The molecule has 2 nitrogen and oxygen atoms in total. The van der Waals surface area contributed by atoms with E-state index in [1.165, 1.54) is 12.1 Å². The number of hydrogen-bond donors (Lipinski definition) is 1. The van der Waals surface area contributed by atoms with Gasteiger partial charge in [0.05, 0.1) is 5.56 Å². The minimum atomic E-state index is -0.476. The number of rotatable bonds is 2. The lowest BCUT2D eigenvalue weighted by Crippen LogP contribution is -2.41. The van der Waals surface area contributed by atoms with Gasteiger partial charge >= 0.3 is 0 Å². The lowest BCUT2D eigenvalue weighted by Gasteiger charge is -2.38. The summed E-state index contributed by atoms with van der Waals surface area (Å²) in [5.74, 6) is -0.723. The van der Waals surface area contributed by atoms with Gasteiger partial charge in [0.1, 0.15) is 5.82 Å². The smallest absolute Gasteiger partial charge is 0.256 e.